The fourth-order valence-electron chi connectivity index (χ4n) is 3.86. The molecule has 0 aromatic heterocycles. The summed E-state index contributed by atoms with van der Waals surface area (Å²) in [6.07, 6.45) is 1.60. The third kappa shape index (κ3) is 6.34. The summed E-state index contributed by atoms with van der Waals surface area (Å²) in [5.74, 6) is -2.22. The first kappa shape index (κ1) is 26.1. The number of sulfone groups is 1. The van der Waals surface area contributed by atoms with Crippen molar-refractivity contribution in [3.05, 3.63) is 94.5 Å². The maximum atomic E-state index is 14.8. The van der Waals surface area contributed by atoms with Crippen molar-refractivity contribution < 1.29 is 25.6 Å². The summed E-state index contributed by atoms with van der Waals surface area (Å²) in [4.78, 5) is -0.0587. The smallest absolute Gasteiger partial charge is 0.229 e. The van der Waals surface area contributed by atoms with Gasteiger partial charge in [-0.15, -0.1) is 0 Å². The zero-order valence-electron chi connectivity index (χ0n) is 18.5. The maximum absolute atomic E-state index is 14.8. The van der Waals surface area contributed by atoms with Crippen LogP contribution in [0, 0.1) is 17.6 Å². The van der Waals surface area contributed by atoms with Crippen LogP contribution in [-0.2, 0) is 26.3 Å². The molecule has 182 valence electrons. The van der Waals surface area contributed by atoms with Gasteiger partial charge >= 0.3 is 0 Å². The van der Waals surface area contributed by atoms with E-state index in [1.54, 1.807) is 31.2 Å². The van der Waals surface area contributed by atoms with Crippen molar-refractivity contribution in [2.24, 2.45) is 5.92 Å². The van der Waals surface area contributed by atoms with Crippen LogP contribution in [0.1, 0.15) is 29.7 Å². The maximum Gasteiger partial charge on any atom is 0.229 e. The number of rotatable bonds is 9. The van der Waals surface area contributed by atoms with Gasteiger partial charge < -0.3 is 0 Å². The molecule has 0 spiro atoms. The van der Waals surface area contributed by atoms with Gasteiger partial charge in [0.1, 0.15) is 11.6 Å². The molecule has 1 N–H and O–H groups in total. The van der Waals surface area contributed by atoms with Gasteiger partial charge in [-0.05, 0) is 72.9 Å². The molecule has 3 aromatic carbocycles. The molecule has 0 bridgehead atoms. The molecule has 2 atom stereocenters. The average Bonchev–Trinajstić information content (AvgIpc) is 2.75. The van der Waals surface area contributed by atoms with Gasteiger partial charge in [0.05, 0.1) is 22.1 Å². The predicted octanol–water partition coefficient (Wildman–Crippen LogP) is 5.77. The normalized spacial score (nSPS) is 13.9. The number of hydrogen-bond acceptors (Lipinski definition) is 4. The van der Waals surface area contributed by atoms with Gasteiger partial charge in [-0.2, -0.15) is 0 Å². The van der Waals surface area contributed by atoms with E-state index in [9.17, 15) is 25.6 Å². The highest BCUT2D eigenvalue weighted by atomic mass is 35.5. The first-order chi connectivity index (χ1) is 15.9. The molecule has 2 unspecified atom stereocenters. The number of anilines is 1. The lowest BCUT2D eigenvalue weighted by atomic mass is 9.93. The number of hydrogen-bond donors (Lipinski definition) is 1. The van der Waals surface area contributed by atoms with Crippen molar-refractivity contribution in [1.82, 2.24) is 0 Å². The molecule has 34 heavy (non-hydrogen) atoms. The molecule has 0 heterocycles. The highest BCUT2D eigenvalue weighted by Gasteiger charge is 2.36. The van der Waals surface area contributed by atoms with Crippen molar-refractivity contribution in [3.63, 3.8) is 0 Å². The van der Waals surface area contributed by atoms with Crippen molar-refractivity contribution in [1.29, 1.82) is 0 Å². The molecule has 10 heteroatoms. The van der Waals surface area contributed by atoms with Gasteiger partial charge in [-0.25, -0.2) is 25.6 Å². The summed E-state index contributed by atoms with van der Waals surface area (Å²) < 4.78 is 81.8. The van der Waals surface area contributed by atoms with Crippen molar-refractivity contribution >= 4 is 37.1 Å². The van der Waals surface area contributed by atoms with Crippen LogP contribution in [0.15, 0.2) is 71.6 Å². The largest absolute Gasteiger partial charge is 0.284 e. The number of aryl methyl sites for hydroxylation is 1. The van der Waals surface area contributed by atoms with E-state index in [4.69, 9.17) is 11.6 Å². The molecule has 5 nitrogen and oxygen atoms in total. The molecule has 0 fully saturated rings. The Morgan fingerprint density at radius 1 is 0.941 bits per heavy atom. The molecule has 3 rings (SSSR count). The number of para-hydroxylation sites is 1. The first-order valence-electron chi connectivity index (χ1n) is 10.4. The second-order valence-electron chi connectivity index (χ2n) is 8.13. The van der Waals surface area contributed by atoms with E-state index < -0.39 is 42.7 Å². The minimum atomic E-state index is -4.13. The van der Waals surface area contributed by atoms with Gasteiger partial charge in [0, 0.05) is 10.6 Å². The molecule has 0 aliphatic heterocycles. The Kier molecular flexibility index (Phi) is 8.00. The molecular formula is C24H24ClF2NO4S2. The van der Waals surface area contributed by atoms with E-state index in [2.05, 4.69) is 4.72 Å². The molecular weight excluding hydrogens is 504 g/mol. The SMILES string of the molecule is CC(CCc1ccccc1NS(C)(=O)=O)C(c1cc(F)ccc1F)S(=O)(=O)c1ccc(Cl)cc1. The monoisotopic (exact) mass is 527 g/mol. The van der Waals surface area contributed by atoms with E-state index in [-0.39, 0.29) is 16.9 Å². The molecule has 0 saturated heterocycles. The number of nitrogens with one attached hydrogen (secondary N) is 1. The third-order valence-electron chi connectivity index (χ3n) is 5.44. The Morgan fingerprint density at radius 3 is 2.24 bits per heavy atom. The highest BCUT2D eigenvalue weighted by Crippen LogP contribution is 2.39. The number of sulfonamides is 1. The quantitative estimate of drug-likeness (QED) is 0.383. The summed E-state index contributed by atoms with van der Waals surface area (Å²) >= 11 is 5.89. The van der Waals surface area contributed by atoms with E-state index in [0.29, 0.717) is 22.7 Å². The van der Waals surface area contributed by atoms with Crippen LogP contribution in [0.2, 0.25) is 5.02 Å². The van der Waals surface area contributed by atoms with Gasteiger partial charge in [0.2, 0.25) is 10.0 Å². The summed E-state index contributed by atoms with van der Waals surface area (Å²) in [5.41, 5.74) is 0.776. The molecule has 0 aliphatic carbocycles. The van der Waals surface area contributed by atoms with Gasteiger partial charge in [0.25, 0.3) is 0 Å². The lowest BCUT2D eigenvalue weighted by Crippen LogP contribution is -2.23. The lowest BCUT2D eigenvalue weighted by molar-refractivity contribution is 0.468. The minimum Gasteiger partial charge on any atom is -0.284 e. The zero-order valence-corrected chi connectivity index (χ0v) is 20.9. The second-order valence-corrected chi connectivity index (χ2v) is 12.4. The predicted molar refractivity (Wildman–Crippen MR) is 130 cm³/mol. The van der Waals surface area contributed by atoms with Crippen LogP contribution in [0.3, 0.4) is 0 Å². The van der Waals surface area contributed by atoms with Crippen LogP contribution >= 0.6 is 11.6 Å². The number of benzene rings is 3. The van der Waals surface area contributed by atoms with Gasteiger partial charge in [-0.1, -0.05) is 36.7 Å². The fourth-order valence-corrected chi connectivity index (χ4v) is 6.65. The third-order valence-corrected chi connectivity index (χ3v) is 8.60. The Labute approximate surface area is 203 Å². The standard InChI is InChI=1S/C24H24ClF2NO4S2/c1-16(7-8-17-5-3-4-6-23(17)28-33(2,29)30)24(21-15-19(26)11-14-22(21)27)34(31,32)20-12-9-18(25)10-13-20/h3-6,9-16,24,28H,7-8H2,1-2H3. The topological polar surface area (TPSA) is 80.3 Å². The number of halogens is 3. The van der Waals surface area contributed by atoms with Crippen molar-refractivity contribution in [3.8, 4) is 0 Å². The molecule has 3 aromatic rings. The van der Waals surface area contributed by atoms with Crippen LogP contribution < -0.4 is 4.72 Å². The Hall–Kier alpha value is -2.49. The Bertz CT molecular complexity index is 1380. The van der Waals surface area contributed by atoms with Crippen molar-refractivity contribution in [2.75, 3.05) is 11.0 Å². The fraction of sp³-hybridized carbons (Fsp3) is 0.250. The molecule has 0 amide bonds. The Balaban J connectivity index is 1.99. The molecule has 0 saturated carbocycles. The van der Waals surface area contributed by atoms with E-state index in [1.165, 1.54) is 24.3 Å². The zero-order chi connectivity index (χ0) is 25.1. The Morgan fingerprint density at radius 2 is 1.59 bits per heavy atom. The summed E-state index contributed by atoms with van der Waals surface area (Å²) in [6, 6.07) is 15.0. The van der Waals surface area contributed by atoms with E-state index in [0.717, 1.165) is 24.5 Å². The summed E-state index contributed by atoms with van der Waals surface area (Å²) in [5, 5.41) is -1.03. The highest BCUT2D eigenvalue weighted by molar-refractivity contribution is 7.92. The minimum absolute atomic E-state index is 0.0587. The second kappa shape index (κ2) is 10.4. The van der Waals surface area contributed by atoms with Crippen molar-refractivity contribution in [2.45, 2.75) is 29.9 Å². The lowest BCUT2D eigenvalue weighted by Gasteiger charge is -2.25. The van der Waals surface area contributed by atoms with Gasteiger partial charge in [-0.3, -0.25) is 4.72 Å². The summed E-state index contributed by atoms with van der Waals surface area (Å²) in [7, 11) is -7.65. The van der Waals surface area contributed by atoms with Crippen LogP contribution in [0.4, 0.5) is 14.5 Å². The van der Waals surface area contributed by atoms with Crippen LogP contribution in [0.5, 0.6) is 0 Å². The summed E-state index contributed by atoms with van der Waals surface area (Å²) in [6.45, 7) is 1.65. The first-order valence-corrected chi connectivity index (χ1v) is 14.2. The molecule has 0 radical (unpaired) electrons. The molecule has 0 aliphatic rings. The van der Waals surface area contributed by atoms with Crippen LogP contribution in [0.25, 0.3) is 0 Å². The van der Waals surface area contributed by atoms with E-state index in [1.807, 2.05) is 0 Å². The average molecular weight is 528 g/mol. The van der Waals surface area contributed by atoms with Gasteiger partial charge in [0.15, 0.2) is 9.84 Å². The van der Waals surface area contributed by atoms with Crippen LogP contribution in [-0.4, -0.2) is 23.1 Å². The van der Waals surface area contributed by atoms with E-state index >= 15 is 0 Å².